The van der Waals surface area contributed by atoms with Crippen LogP contribution in [0.1, 0.15) is 30.1 Å². The molecule has 1 amide bonds. The first kappa shape index (κ1) is 14.0. The molecule has 1 saturated heterocycles. The van der Waals surface area contributed by atoms with Gasteiger partial charge in [-0.2, -0.15) is 0 Å². The number of nitrogens with one attached hydrogen (secondary N) is 1. The summed E-state index contributed by atoms with van der Waals surface area (Å²) in [4.78, 5) is 11.5. The monoisotopic (exact) mass is 283 g/mol. The van der Waals surface area contributed by atoms with Crippen molar-refractivity contribution in [3.05, 3.63) is 22.7 Å². The molecule has 2 unspecified atom stereocenters. The van der Waals surface area contributed by atoms with E-state index in [9.17, 15) is 4.79 Å². The van der Waals surface area contributed by atoms with Gasteiger partial charge in [-0.1, -0.05) is 11.6 Å². The number of amides is 1. The van der Waals surface area contributed by atoms with Gasteiger partial charge in [-0.05, 0) is 31.9 Å². The molecule has 0 saturated carbocycles. The van der Waals surface area contributed by atoms with Crippen molar-refractivity contribution in [3.63, 3.8) is 0 Å². The van der Waals surface area contributed by atoms with Gasteiger partial charge in [-0.25, -0.2) is 0 Å². The van der Waals surface area contributed by atoms with Crippen molar-refractivity contribution in [1.29, 1.82) is 0 Å². The lowest BCUT2D eigenvalue weighted by molar-refractivity contribution is 0.0984. The topological polar surface area (TPSA) is 90.4 Å². The number of benzene rings is 1. The Labute approximate surface area is 117 Å². The highest BCUT2D eigenvalue weighted by molar-refractivity contribution is 6.34. The Morgan fingerprint density at radius 2 is 2.32 bits per heavy atom. The molecular weight excluding hydrogens is 266 g/mol. The molecular formula is C13H18ClN3O2. The fraction of sp³-hybridized carbons (Fsp3) is 0.462. The second kappa shape index (κ2) is 5.67. The molecule has 1 aromatic rings. The van der Waals surface area contributed by atoms with Crippen molar-refractivity contribution in [1.82, 2.24) is 0 Å². The van der Waals surface area contributed by atoms with Gasteiger partial charge in [-0.15, -0.1) is 0 Å². The van der Waals surface area contributed by atoms with Crippen LogP contribution in [0.25, 0.3) is 0 Å². The minimum Gasteiger partial charge on any atom is -0.399 e. The van der Waals surface area contributed by atoms with Crippen LogP contribution in [0, 0.1) is 0 Å². The van der Waals surface area contributed by atoms with Crippen LogP contribution >= 0.6 is 11.6 Å². The highest BCUT2D eigenvalue weighted by Gasteiger charge is 2.24. The first-order valence-electron chi connectivity index (χ1n) is 6.26. The third-order valence-corrected chi connectivity index (χ3v) is 3.57. The average Bonchev–Trinajstić information content (AvgIpc) is 2.85. The molecule has 2 atom stereocenters. The van der Waals surface area contributed by atoms with E-state index in [4.69, 9.17) is 27.8 Å². The van der Waals surface area contributed by atoms with Crippen LogP contribution in [-0.2, 0) is 4.74 Å². The third kappa shape index (κ3) is 3.11. The molecule has 5 nitrogen and oxygen atoms in total. The largest absolute Gasteiger partial charge is 0.399 e. The Hall–Kier alpha value is -1.46. The summed E-state index contributed by atoms with van der Waals surface area (Å²) in [5.41, 5.74) is 12.3. The van der Waals surface area contributed by atoms with Crippen molar-refractivity contribution in [3.8, 4) is 0 Å². The summed E-state index contributed by atoms with van der Waals surface area (Å²) in [5.74, 6) is -0.559. The van der Waals surface area contributed by atoms with Gasteiger partial charge in [-0.3, -0.25) is 4.79 Å². The van der Waals surface area contributed by atoms with E-state index < -0.39 is 5.91 Å². The molecule has 1 aliphatic heterocycles. The van der Waals surface area contributed by atoms with Crippen molar-refractivity contribution in [2.75, 3.05) is 17.7 Å². The maximum Gasteiger partial charge on any atom is 0.250 e. The van der Waals surface area contributed by atoms with E-state index in [0.29, 0.717) is 22.0 Å². The zero-order valence-corrected chi connectivity index (χ0v) is 11.5. The summed E-state index contributed by atoms with van der Waals surface area (Å²) in [6.45, 7) is 2.77. The molecule has 1 fully saturated rings. The van der Waals surface area contributed by atoms with Gasteiger partial charge in [0.2, 0.25) is 0 Å². The van der Waals surface area contributed by atoms with E-state index in [0.717, 1.165) is 19.4 Å². The summed E-state index contributed by atoms with van der Waals surface area (Å²) in [6.07, 6.45) is 2.16. The number of carbonyl (C=O) groups is 1. The third-order valence-electron chi connectivity index (χ3n) is 3.27. The predicted molar refractivity (Wildman–Crippen MR) is 76.4 cm³/mol. The number of nitrogens with two attached hydrogens (primary N) is 2. The van der Waals surface area contributed by atoms with Crippen molar-refractivity contribution < 1.29 is 9.53 Å². The maximum absolute atomic E-state index is 11.5. The minimum atomic E-state index is -0.559. The molecule has 5 N–H and O–H groups in total. The Morgan fingerprint density at radius 1 is 1.58 bits per heavy atom. The minimum absolute atomic E-state index is 0.0433. The van der Waals surface area contributed by atoms with Crippen LogP contribution in [0.5, 0.6) is 0 Å². The second-order valence-corrected chi connectivity index (χ2v) is 5.18. The number of ether oxygens (including phenoxy) is 1. The zero-order chi connectivity index (χ0) is 14.0. The lowest BCUT2D eigenvalue weighted by Crippen LogP contribution is -2.31. The first-order valence-corrected chi connectivity index (χ1v) is 6.64. The van der Waals surface area contributed by atoms with E-state index in [2.05, 4.69) is 5.32 Å². The summed E-state index contributed by atoms with van der Waals surface area (Å²) in [5, 5.41) is 3.60. The zero-order valence-electron chi connectivity index (χ0n) is 10.8. The summed E-state index contributed by atoms with van der Waals surface area (Å²) in [6, 6.07) is 3.17. The van der Waals surface area contributed by atoms with Crippen LogP contribution in [0.4, 0.5) is 11.4 Å². The van der Waals surface area contributed by atoms with Crippen LogP contribution in [0.2, 0.25) is 5.02 Å². The van der Waals surface area contributed by atoms with E-state index in [1.165, 1.54) is 6.07 Å². The molecule has 2 rings (SSSR count). The molecule has 0 bridgehead atoms. The molecule has 104 valence electrons. The molecule has 0 aromatic heterocycles. The lowest BCUT2D eigenvalue weighted by Gasteiger charge is -2.23. The quantitative estimate of drug-likeness (QED) is 0.737. The molecule has 0 aliphatic carbocycles. The molecule has 19 heavy (non-hydrogen) atoms. The number of carbonyl (C=O) groups excluding carboxylic acids is 1. The van der Waals surface area contributed by atoms with Crippen LogP contribution < -0.4 is 16.8 Å². The Kier molecular flexibility index (Phi) is 4.17. The summed E-state index contributed by atoms with van der Waals surface area (Å²) >= 11 is 6.14. The van der Waals surface area contributed by atoms with Gasteiger partial charge >= 0.3 is 0 Å². The number of hydrogen-bond acceptors (Lipinski definition) is 4. The summed E-state index contributed by atoms with van der Waals surface area (Å²) < 4.78 is 5.60. The SMILES string of the molecule is CC(Nc1c(Cl)cc(N)cc1C(N)=O)C1CCCO1. The van der Waals surface area contributed by atoms with Crippen molar-refractivity contribution >= 4 is 28.9 Å². The van der Waals surface area contributed by atoms with Gasteiger partial charge in [0, 0.05) is 18.3 Å². The van der Waals surface area contributed by atoms with Crippen LogP contribution in [0.3, 0.4) is 0 Å². The highest BCUT2D eigenvalue weighted by Crippen LogP contribution is 2.31. The Morgan fingerprint density at radius 3 is 2.89 bits per heavy atom. The maximum atomic E-state index is 11.5. The van der Waals surface area contributed by atoms with Gasteiger partial charge in [0.15, 0.2) is 0 Å². The summed E-state index contributed by atoms with van der Waals surface area (Å²) in [7, 11) is 0. The molecule has 1 heterocycles. The van der Waals surface area contributed by atoms with E-state index in [-0.39, 0.29) is 12.1 Å². The van der Waals surface area contributed by atoms with E-state index in [1.807, 2.05) is 6.92 Å². The van der Waals surface area contributed by atoms with Crippen molar-refractivity contribution in [2.45, 2.75) is 31.9 Å². The fourth-order valence-corrected chi connectivity index (χ4v) is 2.57. The standard InChI is InChI=1S/C13H18ClN3O2/c1-7(11-3-2-4-19-11)17-12-9(13(16)18)5-8(15)6-10(12)14/h5-7,11,17H,2-4,15H2,1H3,(H2,16,18). The van der Waals surface area contributed by atoms with Gasteiger partial charge in [0.1, 0.15) is 0 Å². The molecule has 0 radical (unpaired) electrons. The number of nitrogen functional groups attached to an aromatic ring is 1. The Balaban J connectivity index is 2.25. The lowest BCUT2D eigenvalue weighted by atomic mass is 10.1. The number of primary amides is 1. The predicted octanol–water partition coefficient (Wildman–Crippen LogP) is 2.00. The normalized spacial score (nSPS) is 20.2. The van der Waals surface area contributed by atoms with E-state index in [1.54, 1.807) is 6.07 Å². The fourth-order valence-electron chi connectivity index (χ4n) is 2.29. The highest BCUT2D eigenvalue weighted by atomic mass is 35.5. The number of hydrogen-bond donors (Lipinski definition) is 3. The average molecular weight is 284 g/mol. The van der Waals surface area contributed by atoms with Gasteiger partial charge in [0.05, 0.1) is 22.4 Å². The molecule has 0 spiro atoms. The first-order chi connectivity index (χ1) is 8.99. The van der Waals surface area contributed by atoms with E-state index >= 15 is 0 Å². The number of rotatable bonds is 4. The molecule has 1 aliphatic rings. The van der Waals surface area contributed by atoms with Crippen LogP contribution in [-0.4, -0.2) is 24.7 Å². The number of anilines is 2. The van der Waals surface area contributed by atoms with Gasteiger partial charge in [0.25, 0.3) is 5.91 Å². The molecule has 6 heteroatoms. The van der Waals surface area contributed by atoms with Crippen molar-refractivity contribution in [2.24, 2.45) is 5.73 Å². The smallest absolute Gasteiger partial charge is 0.250 e. The Bertz CT molecular complexity index is 487. The van der Waals surface area contributed by atoms with Gasteiger partial charge < -0.3 is 21.5 Å². The molecule has 1 aromatic carbocycles. The number of halogens is 1. The van der Waals surface area contributed by atoms with Crippen LogP contribution in [0.15, 0.2) is 12.1 Å². The second-order valence-electron chi connectivity index (χ2n) is 4.77.